The fourth-order valence-electron chi connectivity index (χ4n) is 2.02. The molecule has 1 unspecified atom stereocenters. The van der Waals surface area contributed by atoms with Gasteiger partial charge in [-0.1, -0.05) is 19.9 Å². The fourth-order valence-corrected chi connectivity index (χ4v) is 2.02. The van der Waals surface area contributed by atoms with E-state index in [2.05, 4.69) is 50.9 Å². The van der Waals surface area contributed by atoms with Crippen LogP contribution in [0.4, 0.5) is 0 Å². The van der Waals surface area contributed by atoms with E-state index in [0.29, 0.717) is 5.92 Å². The Morgan fingerprint density at radius 2 is 2.00 bits per heavy atom. The average Bonchev–Trinajstić information content (AvgIpc) is 2.54. The predicted octanol–water partition coefficient (Wildman–Crippen LogP) is 4.30. The zero-order valence-electron chi connectivity index (χ0n) is 10.0. The zero-order chi connectivity index (χ0) is 11.0. The van der Waals surface area contributed by atoms with E-state index in [0.717, 1.165) is 0 Å². The van der Waals surface area contributed by atoms with Gasteiger partial charge in [-0.25, -0.2) is 0 Å². The minimum absolute atomic E-state index is 0.656. The van der Waals surface area contributed by atoms with Crippen molar-refractivity contribution in [1.29, 1.82) is 0 Å². The van der Waals surface area contributed by atoms with Crippen molar-refractivity contribution < 1.29 is 0 Å². The second-order valence-electron chi connectivity index (χ2n) is 4.49. The van der Waals surface area contributed by atoms with Crippen LogP contribution in [0.5, 0.6) is 0 Å². The predicted molar refractivity (Wildman–Crippen MR) is 66.5 cm³/mol. The number of aromatic amines is 1. The van der Waals surface area contributed by atoms with Gasteiger partial charge in [0.2, 0.25) is 0 Å². The van der Waals surface area contributed by atoms with Crippen LogP contribution in [0.15, 0.2) is 18.2 Å². The van der Waals surface area contributed by atoms with Crippen LogP contribution in [0.2, 0.25) is 0 Å². The SMILES string of the molecule is CCC(C)c1ccc2[nH]c(C)c(C)c2c1. The standard InChI is InChI=1S/C14H19N/c1-5-9(2)12-6-7-14-13(8-12)10(3)11(4)15-14/h6-9,15H,5H2,1-4H3. The number of fused-ring (bicyclic) bond motifs is 1. The summed E-state index contributed by atoms with van der Waals surface area (Å²) in [6.45, 7) is 8.85. The number of hydrogen-bond donors (Lipinski definition) is 1. The first kappa shape index (κ1) is 10.3. The number of benzene rings is 1. The molecule has 0 fully saturated rings. The molecule has 0 spiro atoms. The van der Waals surface area contributed by atoms with E-state index in [1.54, 1.807) is 0 Å². The number of nitrogens with one attached hydrogen (secondary N) is 1. The number of H-pyrrole nitrogens is 1. The molecule has 0 aliphatic carbocycles. The first-order valence-corrected chi connectivity index (χ1v) is 5.72. The van der Waals surface area contributed by atoms with E-state index in [-0.39, 0.29) is 0 Å². The van der Waals surface area contributed by atoms with Crippen LogP contribution in [0, 0.1) is 13.8 Å². The molecule has 0 radical (unpaired) electrons. The van der Waals surface area contributed by atoms with Crippen molar-refractivity contribution in [2.45, 2.75) is 40.0 Å². The maximum absolute atomic E-state index is 3.41. The van der Waals surface area contributed by atoms with Gasteiger partial charge in [-0.15, -0.1) is 0 Å². The Hall–Kier alpha value is -1.24. The van der Waals surface area contributed by atoms with E-state index in [1.165, 1.54) is 34.1 Å². The first-order valence-electron chi connectivity index (χ1n) is 5.72. The summed E-state index contributed by atoms with van der Waals surface area (Å²) in [5, 5.41) is 1.38. The molecule has 0 saturated carbocycles. The van der Waals surface area contributed by atoms with Crippen LogP contribution in [0.1, 0.15) is 43.0 Å². The molecule has 0 aliphatic heterocycles. The molecule has 0 aliphatic rings. The molecule has 1 heteroatoms. The minimum atomic E-state index is 0.656. The second kappa shape index (κ2) is 3.73. The highest BCUT2D eigenvalue weighted by molar-refractivity contribution is 5.85. The Morgan fingerprint density at radius 3 is 2.67 bits per heavy atom. The average molecular weight is 201 g/mol. The van der Waals surface area contributed by atoms with Gasteiger partial charge in [-0.2, -0.15) is 0 Å². The molecule has 0 amide bonds. The Kier molecular flexibility index (Phi) is 2.56. The minimum Gasteiger partial charge on any atom is -0.358 e. The highest BCUT2D eigenvalue weighted by Gasteiger charge is 2.07. The van der Waals surface area contributed by atoms with Gasteiger partial charge < -0.3 is 4.98 Å². The maximum atomic E-state index is 3.41. The van der Waals surface area contributed by atoms with E-state index in [9.17, 15) is 0 Å². The molecule has 1 atom stereocenters. The normalized spacial score (nSPS) is 13.3. The number of aromatic nitrogens is 1. The summed E-state index contributed by atoms with van der Waals surface area (Å²) in [4.78, 5) is 3.41. The quantitative estimate of drug-likeness (QED) is 0.745. The van der Waals surface area contributed by atoms with Crippen molar-refractivity contribution in [3.05, 3.63) is 35.0 Å². The Bertz CT molecular complexity index is 479. The second-order valence-corrected chi connectivity index (χ2v) is 4.49. The highest BCUT2D eigenvalue weighted by Crippen LogP contribution is 2.26. The van der Waals surface area contributed by atoms with Crippen molar-refractivity contribution in [3.63, 3.8) is 0 Å². The molecule has 1 heterocycles. The Morgan fingerprint density at radius 1 is 1.27 bits per heavy atom. The molecule has 2 rings (SSSR count). The van der Waals surface area contributed by atoms with Crippen LogP contribution in [0.25, 0.3) is 10.9 Å². The third-order valence-corrected chi connectivity index (χ3v) is 3.51. The lowest BCUT2D eigenvalue weighted by Gasteiger charge is -2.08. The largest absolute Gasteiger partial charge is 0.358 e. The van der Waals surface area contributed by atoms with Crippen LogP contribution >= 0.6 is 0 Å². The van der Waals surface area contributed by atoms with Gasteiger partial charge in [-0.3, -0.25) is 0 Å². The summed E-state index contributed by atoms with van der Waals surface area (Å²) >= 11 is 0. The van der Waals surface area contributed by atoms with Crippen molar-refractivity contribution in [1.82, 2.24) is 4.98 Å². The fraction of sp³-hybridized carbons (Fsp3) is 0.429. The zero-order valence-corrected chi connectivity index (χ0v) is 10.0. The molecular weight excluding hydrogens is 182 g/mol. The topological polar surface area (TPSA) is 15.8 Å². The number of hydrogen-bond acceptors (Lipinski definition) is 0. The van der Waals surface area contributed by atoms with Gasteiger partial charge in [0.15, 0.2) is 0 Å². The molecular formula is C14H19N. The molecule has 0 bridgehead atoms. The van der Waals surface area contributed by atoms with Crippen molar-refractivity contribution in [3.8, 4) is 0 Å². The molecule has 0 saturated heterocycles. The van der Waals surface area contributed by atoms with Crippen LogP contribution in [0.3, 0.4) is 0 Å². The summed E-state index contributed by atoms with van der Waals surface area (Å²) < 4.78 is 0. The van der Waals surface area contributed by atoms with Crippen molar-refractivity contribution in [2.75, 3.05) is 0 Å². The lowest BCUT2D eigenvalue weighted by molar-refractivity contribution is 0.734. The summed E-state index contributed by atoms with van der Waals surface area (Å²) in [7, 11) is 0. The summed E-state index contributed by atoms with van der Waals surface area (Å²) in [5.41, 5.74) is 5.38. The van der Waals surface area contributed by atoms with Crippen molar-refractivity contribution >= 4 is 10.9 Å². The Balaban J connectivity index is 2.59. The van der Waals surface area contributed by atoms with Gasteiger partial charge in [-0.05, 0) is 49.4 Å². The third-order valence-electron chi connectivity index (χ3n) is 3.51. The van der Waals surface area contributed by atoms with E-state index in [1.807, 2.05) is 0 Å². The van der Waals surface area contributed by atoms with E-state index < -0.39 is 0 Å². The maximum Gasteiger partial charge on any atom is 0.0458 e. The van der Waals surface area contributed by atoms with Crippen molar-refractivity contribution in [2.24, 2.45) is 0 Å². The molecule has 1 nitrogen and oxygen atoms in total. The highest BCUT2D eigenvalue weighted by atomic mass is 14.7. The van der Waals surface area contributed by atoms with Gasteiger partial charge in [0, 0.05) is 16.6 Å². The van der Waals surface area contributed by atoms with E-state index in [4.69, 9.17) is 0 Å². The molecule has 2 aromatic rings. The Labute approximate surface area is 91.5 Å². The van der Waals surface area contributed by atoms with Gasteiger partial charge in [0.05, 0.1) is 0 Å². The monoisotopic (exact) mass is 201 g/mol. The van der Waals surface area contributed by atoms with Crippen LogP contribution < -0.4 is 0 Å². The molecule has 15 heavy (non-hydrogen) atoms. The van der Waals surface area contributed by atoms with Gasteiger partial charge >= 0.3 is 0 Å². The van der Waals surface area contributed by atoms with E-state index >= 15 is 0 Å². The van der Waals surface area contributed by atoms with Crippen LogP contribution in [-0.4, -0.2) is 4.98 Å². The number of aryl methyl sites for hydroxylation is 2. The molecule has 1 aromatic carbocycles. The summed E-state index contributed by atoms with van der Waals surface area (Å²) in [6, 6.07) is 6.78. The van der Waals surface area contributed by atoms with Crippen LogP contribution in [-0.2, 0) is 0 Å². The van der Waals surface area contributed by atoms with Gasteiger partial charge in [0.1, 0.15) is 0 Å². The first-order chi connectivity index (χ1) is 7.13. The lowest BCUT2D eigenvalue weighted by atomic mass is 9.97. The molecule has 1 N–H and O–H groups in total. The summed E-state index contributed by atoms with van der Waals surface area (Å²) in [6.07, 6.45) is 1.20. The molecule has 80 valence electrons. The van der Waals surface area contributed by atoms with Gasteiger partial charge in [0.25, 0.3) is 0 Å². The smallest absolute Gasteiger partial charge is 0.0458 e. The summed E-state index contributed by atoms with van der Waals surface area (Å²) in [5.74, 6) is 0.656. The lowest BCUT2D eigenvalue weighted by Crippen LogP contribution is -1.90. The molecule has 1 aromatic heterocycles. The third kappa shape index (κ3) is 1.67. The number of rotatable bonds is 2.